The first-order valence-electron chi connectivity index (χ1n) is 9.11. The molecule has 0 atom stereocenters. The summed E-state index contributed by atoms with van der Waals surface area (Å²) in [5, 5.41) is 6.28. The zero-order chi connectivity index (χ0) is 20.6. The maximum atomic E-state index is 12.9. The smallest absolute Gasteiger partial charge is 0.258 e. The molecule has 0 bridgehead atoms. The highest BCUT2D eigenvalue weighted by Crippen LogP contribution is 2.37. The summed E-state index contributed by atoms with van der Waals surface area (Å²) in [7, 11) is 0. The van der Waals surface area contributed by atoms with E-state index in [1.807, 2.05) is 61.5 Å². The second-order valence-corrected chi connectivity index (χ2v) is 6.20. The van der Waals surface area contributed by atoms with E-state index in [0.29, 0.717) is 28.8 Å². The quantitative estimate of drug-likeness (QED) is 0.352. The fourth-order valence-corrected chi connectivity index (χ4v) is 3.09. The van der Waals surface area contributed by atoms with Crippen molar-refractivity contribution in [1.29, 1.82) is 0 Å². The summed E-state index contributed by atoms with van der Waals surface area (Å²) in [6.45, 7) is 5.69. The van der Waals surface area contributed by atoms with Crippen LogP contribution < -0.4 is 10.6 Å². The van der Waals surface area contributed by atoms with Crippen molar-refractivity contribution >= 4 is 29.2 Å². The summed E-state index contributed by atoms with van der Waals surface area (Å²) in [6.07, 6.45) is 7.91. The Labute approximate surface area is 170 Å². The molecule has 4 nitrogen and oxygen atoms in total. The summed E-state index contributed by atoms with van der Waals surface area (Å²) < 4.78 is 0. The van der Waals surface area contributed by atoms with Crippen LogP contribution in [0.4, 0.5) is 5.69 Å². The van der Waals surface area contributed by atoms with Gasteiger partial charge in [-0.3, -0.25) is 9.59 Å². The van der Waals surface area contributed by atoms with E-state index in [1.54, 1.807) is 18.2 Å². The molecular formula is C25H20N2O2. The van der Waals surface area contributed by atoms with Crippen molar-refractivity contribution in [2.24, 2.45) is 0 Å². The number of benzene rings is 2. The van der Waals surface area contributed by atoms with Crippen molar-refractivity contribution < 1.29 is 9.59 Å². The van der Waals surface area contributed by atoms with Crippen LogP contribution in [0.3, 0.4) is 0 Å². The zero-order valence-corrected chi connectivity index (χ0v) is 16.0. The number of hydrogen-bond donors (Lipinski definition) is 2. The molecule has 0 radical (unpaired) electrons. The summed E-state index contributed by atoms with van der Waals surface area (Å²) in [4.78, 5) is 23.4. The van der Waals surface area contributed by atoms with E-state index in [2.05, 4.69) is 29.1 Å². The van der Waals surface area contributed by atoms with Gasteiger partial charge in [-0.1, -0.05) is 61.0 Å². The predicted molar refractivity (Wildman–Crippen MR) is 117 cm³/mol. The van der Waals surface area contributed by atoms with Crippen LogP contribution in [-0.2, 0) is 9.59 Å². The second kappa shape index (κ2) is 9.20. The van der Waals surface area contributed by atoms with Gasteiger partial charge in [0.2, 0.25) is 0 Å². The van der Waals surface area contributed by atoms with Crippen LogP contribution in [0.2, 0.25) is 0 Å². The molecule has 0 fully saturated rings. The van der Waals surface area contributed by atoms with Crippen LogP contribution in [0.1, 0.15) is 23.6 Å². The predicted octanol–water partition coefficient (Wildman–Crippen LogP) is 4.29. The number of hydrogen-bond acceptors (Lipinski definition) is 3. The number of aldehydes is 1. The average Bonchev–Trinajstić information content (AvgIpc) is 3.06. The lowest BCUT2D eigenvalue weighted by Gasteiger charge is -2.15. The lowest BCUT2D eigenvalue weighted by molar-refractivity contribution is -0.110. The van der Waals surface area contributed by atoms with E-state index in [0.717, 1.165) is 16.8 Å². The van der Waals surface area contributed by atoms with Crippen LogP contribution in [0.25, 0.3) is 11.3 Å². The first-order valence-corrected chi connectivity index (χ1v) is 9.11. The molecule has 29 heavy (non-hydrogen) atoms. The van der Waals surface area contributed by atoms with E-state index < -0.39 is 0 Å². The number of nitrogens with one attached hydrogen (secondary N) is 2. The van der Waals surface area contributed by atoms with E-state index in [-0.39, 0.29) is 5.91 Å². The van der Waals surface area contributed by atoms with Crippen LogP contribution in [0, 0.1) is 11.8 Å². The third kappa shape index (κ3) is 4.42. The number of amides is 1. The van der Waals surface area contributed by atoms with Crippen LogP contribution >= 0.6 is 0 Å². The minimum Gasteiger partial charge on any atom is -0.354 e. The highest BCUT2D eigenvalue weighted by atomic mass is 16.2. The van der Waals surface area contributed by atoms with Gasteiger partial charge < -0.3 is 10.6 Å². The van der Waals surface area contributed by atoms with E-state index >= 15 is 0 Å². The van der Waals surface area contributed by atoms with Gasteiger partial charge in [-0.2, -0.15) is 0 Å². The molecule has 1 amide bonds. The molecule has 0 aliphatic carbocycles. The first kappa shape index (κ1) is 19.7. The van der Waals surface area contributed by atoms with Gasteiger partial charge in [0.05, 0.1) is 17.0 Å². The van der Waals surface area contributed by atoms with Gasteiger partial charge in [0, 0.05) is 16.8 Å². The molecule has 2 aromatic carbocycles. The molecule has 4 heteroatoms. The van der Waals surface area contributed by atoms with Crippen molar-refractivity contribution in [3.63, 3.8) is 0 Å². The monoisotopic (exact) mass is 380 g/mol. The van der Waals surface area contributed by atoms with Crippen LogP contribution in [0.15, 0.2) is 85.1 Å². The Morgan fingerprint density at radius 2 is 1.97 bits per heavy atom. The maximum Gasteiger partial charge on any atom is 0.258 e. The molecule has 0 aromatic heterocycles. The van der Waals surface area contributed by atoms with Gasteiger partial charge >= 0.3 is 0 Å². The minimum absolute atomic E-state index is 0.203. The topological polar surface area (TPSA) is 58.2 Å². The van der Waals surface area contributed by atoms with E-state index in [4.69, 9.17) is 0 Å². The van der Waals surface area contributed by atoms with E-state index in [1.165, 1.54) is 0 Å². The molecule has 3 rings (SSSR count). The van der Waals surface area contributed by atoms with Crippen molar-refractivity contribution in [3.05, 3.63) is 102 Å². The van der Waals surface area contributed by atoms with Crippen molar-refractivity contribution in [1.82, 2.24) is 5.32 Å². The summed E-state index contributed by atoms with van der Waals surface area (Å²) in [5.74, 6) is 4.94. The molecular weight excluding hydrogens is 360 g/mol. The third-order valence-electron chi connectivity index (χ3n) is 4.27. The number of allylic oxidation sites excluding steroid dienone is 4. The Balaban J connectivity index is 2.19. The van der Waals surface area contributed by atoms with Gasteiger partial charge in [0.15, 0.2) is 6.29 Å². The Morgan fingerprint density at radius 1 is 1.17 bits per heavy atom. The Bertz CT molecular complexity index is 1110. The van der Waals surface area contributed by atoms with Crippen LogP contribution in [0.5, 0.6) is 0 Å². The third-order valence-corrected chi connectivity index (χ3v) is 4.27. The number of carbonyl (C=O) groups excluding carboxylic acids is 2. The SMILES string of the molecule is C=C/C=C(\C=C/C)N/C(=C1\C(=O)Nc2cc(C#CC=O)ccc21)c1ccccc1. The number of fused-ring (bicyclic) bond motifs is 1. The number of rotatable bonds is 5. The van der Waals surface area contributed by atoms with Gasteiger partial charge in [-0.05, 0) is 42.7 Å². The molecule has 1 aliphatic heterocycles. The largest absolute Gasteiger partial charge is 0.354 e. The number of carbonyl (C=O) groups is 2. The molecule has 0 saturated heterocycles. The summed E-state index contributed by atoms with van der Waals surface area (Å²) in [6, 6.07) is 15.1. The number of anilines is 1. The molecule has 2 N–H and O–H groups in total. The van der Waals surface area contributed by atoms with E-state index in [9.17, 15) is 9.59 Å². The molecule has 0 spiro atoms. The molecule has 142 valence electrons. The first-order chi connectivity index (χ1) is 14.2. The van der Waals surface area contributed by atoms with Crippen molar-refractivity contribution in [2.45, 2.75) is 6.92 Å². The summed E-state index contributed by atoms with van der Waals surface area (Å²) in [5.41, 5.74) is 5.03. The maximum absolute atomic E-state index is 12.9. The Hall–Kier alpha value is -4.10. The standard InChI is InChI=1S/C25H20N2O2/c1-3-9-20(10-4-2)26-24(19-12-6-5-7-13-19)23-21-15-14-18(11-8-16-28)17-22(21)27-25(23)29/h3-7,9-10,12-17,26H,1H2,2H3,(H,27,29)/b10-4-,20-9+,24-23-. The van der Waals surface area contributed by atoms with Gasteiger partial charge in [-0.25, -0.2) is 0 Å². The average molecular weight is 380 g/mol. The van der Waals surface area contributed by atoms with Crippen molar-refractivity contribution in [3.8, 4) is 11.8 Å². The molecule has 1 heterocycles. The molecule has 0 saturated carbocycles. The zero-order valence-electron chi connectivity index (χ0n) is 16.0. The molecule has 0 unspecified atom stereocenters. The lowest BCUT2D eigenvalue weighted by Crippen LogP contribution is -2.16. The van der Waals surface area contributed by atoms with Gasteiger partial charge in [0.1, 0.15) is 0 Å². The minimum atomic E-state index is -0.203. The van der Waals surface area contributed by atoms with Crippen molar-refractivity contribution in [2.75, 3.05) is 5.32 Å². The Kier molecular flexibility index (Phi) is 6.24. The second-order valence-electron chi connectivity index (χ2n) is 6.20. The normalized spacial score (nSPS) is 14.5. The van der Waals surface area contributed by atoms with Gasteiger partial charge in [-0.15, -0.1) is 0 Å². The Morgan fingerprint density at radius 3 is 2.66 bits per heavy atom. The molecule has 2 aromatic rings. The summed E-state index contributed by atoms with van der Waals surface area (Å²) >= 11 is 0. The lowest BCUT2D eigenvalue weighted by atomic mass is 9.99. The highest BCUT2D eigenvalue weighted by Gasteiger charge is 2.28. The van der Waals surface area contributed by atoms with Crippen LogP contribution in [-0.4, -0.2) is 12.2 Å². The fraction of sp³-hybridized carbons (Fsp3) is 0.0400. The van der Waals surface area contributed by atoms with Gasteiger partial charge in [0.25, 0.3) is 5.91 Å². The fourth-order valence-electron chi connectivity index (χ4n) is 3.09. The molecule has 1 aliphatic rings. The highest BCUT2D eigenvalue weighted by molar-refractivity contribution is 6.36.